The summed E-state index contributed by atoms with van der Waals surface area (Å²) in [6.45, 7) is 2.08. The summed E-state index contributed by atoms with van der Waals surface area (Å²) in [6, 6.07) is 6.53. The monoisotopic (exact) mass is 342 g/mol. The molecule has 134 valence electrons. The topological polar surface area (TPSA) is 85.2 Å². The highest BCUT2D eigenvalue weighted by molar-refractivity contribution is 5.79. The van der Waals surface area contributed by atoms with Gasteiger partial charge in [-0.15, -0.1) is 5.10 Å². The predicted octanol–water partition coefficient (Wildman–Crippen LogP) is 1.33. The molecule has 1 atom stereocenters. The van der Waals surface area contributed by atoms with Gasteiger partial charge in [0.25, 0.3) is 0 Å². The van der Waals surface area contributed by atoms with Gasteiger partial charge < -0.3 is 10.2 Å². The zero-order valence-electron chi connectivity index (χ0n) is 14.8. The number of nitrogens with zero attached hydrogens (tertiary/aromatic N) is 5. The zero-order valence-corrected chi connectivity index (χ0v) is 14.8. The molecule has 2 aliphatic rings. The van der Waals surface area contributed by atoms with E-state index in [2.05, 4.69) is 26.5 Å². The molecule has 0 bridgehead atoms. The summed E-state index contributed by atoms with van der Waals surface area (Å²) < 4.78 is 0. The fourth-order valence-electron chi connectivity index (χ4n) is 3.99. The normalized spacial score (nSPS) is 22.1. The molecular weight excluding hydrogens is 316 g/mol. The number of likely N-dealkylation sites (N-methyl/N-ethyl adjacent to an activating group) is 1. The molecule has 2 fully saturated rings. The van der Waals surface area contributed by atoms with Crippen molar-refractivity contribution in [2.24, 2.45) is 0 Å². The lowest BCUT2D eigenvalue weighted by molar-refractivity contribution is -0.123. The fourth-order valence-corrected chi connectivity index (χ4v) is 3.99. The Hall–Kier alpha value is -2.20. The Morgan fingerprint density at radius 2 is 2.28 bits per heavy atom. The SMILES string of the molecule is CN(CC(=O)NC1(C#N)CCCC1)CC1CCCN1c1cccnn1. The summed E-state index contributed by atoms with van der Waals surface area (Å²) in [5, 5.41) is 20.5. The first-order valence-corrected chi connectivity index (χ1v) is 9.07. The first-order chi connectivity index (χ1) is 12.1. The van der Waals surface area contributed by atoms with Gasteiger partial charge in [-0.1, -0.05) is 0 Å². The van der Waals surface area contributed by atoms with Crippen molar-refractivity contribution in [3.8, 4) is 6.07 Å². The fraction of sp³-hybridized carbons (Fsp3) is 0.667. The molecule has 1 aromatic rings. The first kappa shape index (κ1) is 17.6. The third-order valence-electron chi connectivity index (χ3n) is 5.22. The van der Waals surface area contributed by atoms with Crippen LogP contribution in [0.2, 0.25) is 0 Å². The van der Waals surface area contributed by atoms with Gasteiger partial charge in [0.15, 0.2) is 5.82 Å². The molecule has 1 amide bonds. The molecule has 3 rings (SSSR count). The molecule has 7 heteroatoms. The second kappa shape index (κ2) is 7.79. The Morgan fingerprint density at radius 1 is 1.48 bits per heavy atom. The average molecular weight is 342 g/mol. The standard InChI is InChI=1S/C18H26N6O/c1-23(13-17(25)21-18(14-19)8-2-3-9-18)12-15-6-5-11-24(15)16-7-4-10-20-22-16/h4,7,10,15H,2-3,5-6,8-9,11-13H2,1H3,(H,21,25). The smallest absolute Gasteiger partial charge is 0.235 e. The molecule has 1 N–H and O–H groups in total. The van der Waals surface area contributed by atoms with Gasteiger partial charge in [0, 0.05) is 25.3 Å². The van der Waals surface area contributed by atoms with E-state index in [-0.39, 0.29) is 5.91 Å². The maximum absolute atomic E-state index is 12.4. The number of amides is 1. The van der Waals surface area contributed by atoms with E-state index in [9.17, 15) is 10.1 Å². The lowest BCUT2D eigenvalue weighted by Crippen LogP contribution is -2.50. The summed E-state index contributed by atoms with van der Waals surface area (Å²) in [5.41, 5.74) is -0.642. The van der Waals surface area contributed by atoms with Gasteiger partial charge in [-0.25, -0.2) is 0 Å². The zero-order chi connectivity index (χ0) is 17.7. The van der Waals surface area contributed by atoms with Crippen LogP contribution in [0, 0.1) is 11.3 Å². The highest BCUT2D eigenvalue weighted by Crippen LogP contribution is 2.29. The number of carbonyl (C=O) groups is 1. The van der Waals surface area contributed by atoms with Gasteiger partial charge >= 0.3 is 0 Å². The summed E-state index contributed by atoms with van der Waals surface area (Å²) in [7, 11) is 1.96. The van der Waals surface area contributed by atoms with Gasteiger partial charge in [-0.05, 0) is 57.7 Å². The van der Waals surface area contributed by atoms with E-state index in [0.29, 0.717) is 12.6 Å². The van der Waals surface area contributed by atoms with E-state index >= 15 is 0 Å². The van der Waals surface area contributed by atoms with E-state index < -0.39 is 5.54 Å². The predicted molar refractivity (Wildman–Crippen MR) is 94.9 cm³/mol. The minimum absolute atomic E-state index is 0.0602. The van der Waals surface area contributed by atoms with Crippen molar-refractivity contribution >= 4 is 11.7 Å². The Kier molecular flexibility index (Phi) is 5.49. The summed E-state index contributed by atoms with van der Waals surface area (Å²) in [5.74, 6) is 0.840. The van der Waals surface area contributed by atoms with Crippen LogP contribution >= 0.6 is 0 Å². The Balaban J connectivity index is 1.52. The molecule has 1 aliphatic carbocycles. The van der Waals surface area contributed by atoms with E-state index in [0.717, 1.165) is 57.4 Å². The Labute approximate surface area is 149 Å². The van der Waals surface area contributed by atoms with Crippen molar-refractivity contribution in [2.75, 3.05) is 31.6 Å². The molecule has 1 aromatic heterocycles. The van der Waals surface area contributed by atoms with Crippen LogP contribution in [0.15, 0.2) is 18.3 Å². The van der Waals surface area contributed by atoms with Gasteiger partial charge in [-0.3, -0.25) is 9.69 Å². The van der Waals surface area contributed by atoms with Crippen molar-refractivity contribution in [3.05, 3.63) is 18.3 Å². The van der Waals surface area contributed by atoms with Crippen molar-refractivity contribution in [2.45, 2.75) is 50.1 Å². The summed E-state index contributed by atoms with van der Waals surface area (Å²) in [4.78, 5) is 16.7. The summed E-state index contributed by atoms with van der Waals surface area (Å²) >= 11 is 0. The van der Waals surface area contributed by atoms with Gasteiger partial charge in [0.1, 0.15) is 5.54 Å². The number of anilines is 1. The van der Waals surface area contributed by atoms with E-state index in [1.165, 1.54) is 0 Å². The Morgan fingerprint density at radius 3 is 2.96 bits per heavy atom. The molecule has 1 saturated heterocycles. The largest absolute Gasteiger partial charge is 0.351 e. The highest BCUT2D eigenvalue weighted by Gasteiger charge is 2.35. The third-order valence-corrected chi connectivity index (χ3v) is 5.22. The molecule has 0 radical (unpaired) electrons. The molecule has 1 saturated carbocycles. The number of nitriles is 1. The van der Waals surface area contributed by atoms with Crippen LogP contribution in [-0.2, 0) is 4.79 Å². The van der Waals surface area contributed by atoms with Crippen LogP contribution in [0.25, 0.3) is 0 Å². The molecule has 7 nitrogen and oxygen atoms in total. The average Bonchev–Trinajstić information content (AvgIpc) is 3.25. The van der Waals surface area contributed by atoms with Crippen LogP contribution in [0.1, 0.15) is 38.5 Å². The second-order valence-corrected chi connectivity index (χ2v) is 7.22. The van der Waals surface area contributed by atoms with Crippen LogP contribution in [0.4, 0.5) is 5.82 Å². The van der Waals surface area contributed by atoms with Crippen molar-refractivity contribution in [1.82, 2.24) is 20.4 Å². The van der Waals surface area contributed by atoms with E-state index in [1.807, 2.05) is 24.1 Å². The third kappa shape index (κ3) is 4.26. The summed E-state index contributed by atoms with van der Waals surface area (Å²) in [6.07, 6.45) is 7.45. The van der Waals surface area contributed by atoms with E-state index in [4.69, 9.17) is 0 Å². The molecule has 2 heterocycles. The van der Waals surface area contributed by atoms with Crippen molar-refractivity contribution in [3.63, 3.8) is 0 Å². The number of rotatable bonds is 6. The lowest BCUT2D eigenvalue weighted by Gasteiger charge is -2.29. The lowest BCUT2D eigenvalue weighted by atomic mass is 10.00. The van der Waals surface area contributed by atoms with Crippen molar-refractivity contribution in [1.29, 1.82) is 5.26 Å². The maximum atomic E-state index is 12.4. The number of carbonyl (C=O) groups excluding carboxylic acids is 1. The number of hydrogen-bond acceptors (Lipinski definition) is 6. The molecule has 1 aliphatic heterocycles. The minimum atomic E-state index is -0.642. The van der Waals surface area contributed by atoms with Crippen LogP contribution in [0.5, 0.6) is 0 Å². The number of nitrogens with one attached hydrogen (secondary N) is 1. The first-order valence-electron chi connectivity index (χ1n) is 9.07. The van der Waals surface area contributed by atoms with E-state index in [1.54, 1.807) is 6.20 Å². The highest BCUT2D eigenvalue weighted by atomic mass is 16.2. The van der Waals surface area contributed by atoms with Crippen LogP contribution in [-0.4, -0.2) is 59.3 Å². The van der Waals surface area contributed by atoms with Gasteiger partial charge in [0.05, 0.1) is 12.6 Å². The Bertz CT molecular complexity index is 622. The van der Waals surface area contributed by atoms with Crippen molar-refractivity contribution < 1.29 is 4.79 Å². The molecular formula is C18H26N6O. The van der Waals surface area contributed by atoms with Gasteiger partial charge in [-0.2, -0.15) is 10.4 Å². The maximum Gasteiger partial charge on any atom is 0.235 e. The van der Waals surface area contributed by atoms with Crippen LogP contribution in [0.3, 0.4) is 0 Å². The number of aromatic nitrogens is 2. The molecule has 25 heavy (non-hydrogen) atoms. The number of hydrogen-bond donors (Lipinski definition) is 1. The molecule has 0 aromatic carbocycles. The molecule has 0 spiro atoms. The minimum Gasteiger partial charge on any atom is -0.351 e. The molecule has 1 unspecified atom stereocenters. The quantitative estimate of drug-likeness (QED) is 0.839. The van der Waals surface area contributed by atoms with Gasteiger partial charge in [0.2, 0.25) is 5.91 Å². The van der Waals surface area contributed by atoms with Crippen LogP contribution < -0.4 is 10.2 Å². The second-order valence-electron chi connectivity index (χ2n) is 7.22.